The van der Waals surface area contributed by atoms with Crippen LogP contribution in [0.3, 0.4) is 0 Å². The van der Waals surface area contributed by atoms with Gasteiger partial charge in [0.25, 0.3) is 0 Å². The third kappa shape index (κ3) is 8.97. The van der Waals surface area contributed by atoms with E-state index in [4.69, 9.17) is 0 Å². The second kappa shape index (κ2) is 19.8. The van der Waals surface area contributed by atoms with Gasteiger partial charge in [-0.15, -0.1) is 0 Å². The van der Waals surface area contributed by atoms with Crippen molar-refractivity contribution in [3.63, 3.8) is 0 Å². The zero-order valence-corrected chi connectivity index (χ0v) is 39.8. The Bertz CT molecular complexity index is 3550. The minimum absolute atomic E-state index is 1.06. The van der Waals surface area contributed by atoms with Gasteiger partial charge in [-0.25, -0.2) is 0 Å². The van der Waals surface area contributed by atoms with E-state index in [-0.39, 0.29) is 0 Å². The Morgan fingerprint density at radius 3 is 0.764 bits per heavy atom. The fourth-order valence-corrected chi connectivity index (χ4v) is 9.99. The molecule has 0 unspecified atom stereocenters. The number of nitrogens with zero attached hydrogens (tertiary/aromatic N) is 2. The summed E-state index contributed by atoms with van der Waals surface area (Å²) in [7, 11) is 0. The first kappa shape index (κ1) is 43.8. The van der Waals surface area contributed by atoms with Crippen LogP contribution in [-0.4, -0.2) is 0 Å². The van der Waals surface area contributed by atoms with Gasteiger partial charge in [-0.1, -0.05) is 231 Å². The van der Waals surface area contributed by atoms with Crippen LogP contribution in [-0.2, 0) is 0 Å². The summed E-state index contributed by atoms with van der Waals surface area (Å²) in [5, 5.41) is 2.26. The molecule has 2 nitrogen and oxygen atoms in total. The summed E-state index contributed by atoms with van der Waals surface area (Å²) in [5.74, 6) is 0. The maximum Gasteiger partial charge on any atom is 0.0547 e. The normalized spacial score (nSPS) is 11.1. The van der Waals surface area contributed by atoms with E-state index in [0.29, 0.717) is 0 Å². The lowest BCUT2D eigenvalue weighted by Gasteiger charge is -2.31. The van der Waals surface area contributed by atoms with Gasteiger partial charge in [-0.05, 0) is 139 Å². The smallest absolute Gasteiger partial charge is 0.0547 e. The van der Waals surface area contributed by atoms with E-state index in [1.165, 1.54) is 44.5 Å². The zero-order valence-electron chi connectivity index (χ0n) is 39.8. The minimum Gasteiger partial charge on any atom is -0.310 e. The van der Waals surface area contributed by atoms with Crippen molar-refractivity contribution < 1.29 is 0 Å². The van der Waals surface area contributed by atoms with Gasteiger partial charge in [-0.3, -0.25) is 0 Å². The van der Waals surface area contributed by atoms with Crippen LogP contribution >= 0.6 is 0 Å². The summed E-state index contributed by atoms with van der Waals surface area (Å²) in [6.07, 6.45) is 0. The lowest BCUT2D eigenvalue weighted by Crippen LogP contribution is -2.13. The fraction of sp³-hybridized carbons (Fsp3) is 0. The highest BCUT2D eigenvalue weighted by Crippen LogP contribution is 2.49. The van der Waals surface area contributed by atoms with Gasteiger partial charge in [-0.2, -0.15) is 0 Å². The summed E-state index contributed by atoms with van der Waals surface area (Å²) in [6, 6.07) is 110. The maximum absolute atomic E-state index is 2.44. The van der Waals surface area contributed by atoms with Crippen LogP contribution in [0.15, 0.2) is 303 Å². The Labute approximate surface area is 422 Å². The molecule has 0 spiro atoms. The van der Waals surface area contributed by atoms with Crippen molar-refractivity contribution in [2.24, 2.45) is 0 Å². The van der Waals surface area contributed by atoms with Crippen molar-refractivity contribution in [1.29, 1.82) is 0 Å². The predicted octanol–water partition coefficient (Wildman–Crippen LogP) is 19.8. The number of rotatable bonds is 12. The van der Waals surface area contributed by atoms with Crippen molar-refractivity contribution in [2.45, 2.75) is 0 Å². The average Bonchev–Trinajstić information content (AvgIpc) is 3.47. The first-order valence-corrected chi connectivity index (χ1v) is 24.7. The molecule has 0 saturated heterocycles. The van der Waals surface area contributed by atoms with E-state index in [1.807, 2.05) is 0 Å². The largest absolute Gasteiger partial charge is 0.310 e. The topological polar surface area (TPSA) is 6.48 Å². The number of benzene rings is 12. The van der Waals surface area contributed by atoms with Crippen LogP contribution in [0, 0.1) is 0 Å². The molecule has 0 radical (unpaired) electrons. The highest BCUT2D eigenvalue weighted by Gasteiger charge is 2.24. The Kier molecular flexibility index (Phi) is 12.1. The van der Waals surface area contributed by atoms with Crippen molar-refractivity contribution in [3.8, 4) is 66.8 Å². The highest BCUT2D eigenvalue weighted by molar-refractivity contribution is 6.08. The van der Waals surface area contributed by atoms with Crippen LogP contribution < -0.4 is 9.80 Å². The molecule has 0 aliphatic rings. The molecular weight excluding hydrogens is 869 g/mol. The van der Waals surface area contributed by atoms with E-state index in [2.05, 4.69) is 313 Å². The van der Waals surface area contributed by atoms with Crippen molar-refractivity contribution in [2.75, 3.05) is 9.80 Å². The quantitative estimate of drug-likeness (QED) is 0.120. The summed E-state index contributed by atoms with van der Waals surface area (Å²) in [6.45, 7) is 0. The van der Waals surface area contributed by atoms with Gasteiger partial charge in [0.15, 0.2) is 0 Å². The molecule has 0 aromatic heterocycles. The molecule has 12 aromatic rings. The average molecular weight is 919 g/mol. The van der Waals surface area contributed by atoms with Crippen LogP contribution in [0.2, 0.25) is 0 Å². The number of hydrogen-bond donors (Lipinski definition) is 0. The molecule has 0 heterocycles. The van der Waals surface area contributed by atoms with Gasteiger partial charge < -0.3 is 9.80 Å². The van der Waals surface area contributed by atoms with Crippen LogP contribution in [0.25, 0.3) is 77.5 Å². The van der Waals surface area contributed by atoms with Gasteiger partial charge in [0, 0.05) is 33.7 Å². The molecule has 0 aliphatic heterocycles. The number of anilines is 6. The van der Waals surface area contributed by atoms with Crippen LogP contribution in [0.4, 0.5) is 34.1 Å². The summed E-state index contributed by atoms with van der Waals surface area (Å²) in [5.41, 5.74) is 20.4. The van der Waals surface area contributed by atoms with Crippen molar-refractivity contribution in [3.05, 3.63) is 303 Å². The van der Waals surface area contributed by atoms with Gasteiger partial charge in [0.1, 0.15) is 0 Å². The standard InChI is InChI=1S/C70H50N2/c1-7-19-51(20-8-1)56-31-39-63(40-32-56)71(64-41-33-57(34-42-64)52-21-9-2-10-22-52)69-49-61(55-27-15-5-16-28-55)47-62-48-67(60-29-17-6-18-30-60)70(50-68(62)69)72(65-43-35-58(36-44-65)53-23-11-3-12-24-53)66-45-37-59(38-46-66)54-25-13-4-14-26-54/h1-50H. The van der Waals surface area contributed by atoms with E-state index < -0.39 is 0 Å². The Morgan fingerprint density at radius 2 is 0.444 bits per heavy atom. The molecule has 0 saturated carbocycles. The van der Waals surface area contributed by atoms with E-state index in [9.17, 15) is 0 Å². The second-order valence-corrected chi connectivity index (χ2v) is 18.1. The highest BCUT2D eigenvalue weighted by atomic mass is 15.2. The third-order valence-electron chi connectivity index (χ3n) is 13.7. The zero-order chi connectivity index (χ0) is 48.1. The molecule has 12 rings (SSSR count). The lowest BCUT2D eigenvalue weighted by molar-refractivity contribution is 1.28. The second-order valence-electron chi connectivity index (χ2n) is 18.1. The van der Waals surface area contributed by atoms with Gasteiger partial charge in [0.05, 0.1) is 11.4 Å². The van der Waals surface area contributed by atoms with Gasteiger partial charge >= 0.3 is 0 Å². The molecule has 12 aromatic carbocycles. The molecule has 2 heteroatoms. The van der Waals surface area contributed by atoms with Gasteiger partial charge in [0.2, 0.25) is 0 Å². The maximum atomic E-state index is 2.44. The molecule has 0 atom stereocenters. The molecule has 72 heavy (non-hydrogen) atoms. The van der Waals surface area contributed by atoms with Crippen LogP contribution in [0.1, 0.15) is 0 Å². The van der Waals surface area contributed by atoms with E-state index in [0.717, 1.165) is 67.2 Å². The van der Waals surface area contributed by atoms with Crippen LogP contribution in [0.5, 0.6) is 0 Å². The molecule has 0 N–H and O–H groups in total. The Morgan fingerprint density at radius 1 is 0.181 bits per heavy atom. The third-order valence-corrected chi connectivity index (χ3v) is 13.7. The summed E-state index contributed by atoms with van der Waals surface area (Å²) < 4.78 is 0. The molecular formula is C70H50N2. The molecule has 0 bridgehead atoms. The molecule has 340 valence electrons. The molecule has 0 aliphatic carbocycles. The molecule has 0 amide bonds. The summed E-state index contributed by atoms with van der Waals surface area (Å²) >= 11 is 0. The summed E-state index contributed by atoms with van der Waals surface area (Å²) in [4.78, 5) is 4.88. The Balaban J connectivity index is 1.12. The number of hydrogen-bond acceptors (Lipinski definition) is 2. The monoisotopic (exact) mass is 918 g/mol. The first-order chi connectivity index (χ1) is 35.7. The SMILES string of the molecule is c1ccc(-c2ccc(N(c3ccc(-c4ccccc4)cc3)c3cc4c(N(c5ccc(-c6ccccc6)cc5)c5ccc(-c6ccccc6)cc5)cc(-c5ccccc5)cc4cc3-c3ccccc3)cc2)cc1. The Hall–Kier alpha value is -9.50. The first-order valence-electron chi connectivity index (χ1n) is 24.7. The lowest BCUT2D eigenvalue weighted by atomic mass is 9.93. The fourth-order valence-electron chi connectivity index (χ4n) is 9.99. The van der Waals surface area contributed by atoms with Crippen molar-refractivity contribution in [1.82, 2.24) is 0 Å². The molecule has 0 fully saturated rings. The minimum atomic E-state index is 1.06. The predicted molar refractivity (Wildman–Crippen MR) is 306 cm³/mol. The number of fused-ring (bicyclic) bond motifs is 1. The van der Waals surface area contributed by atoms with E-state index in [1.54, 1.807) is 0 Å². The van der Waals surface area contributed by atoms with Crippen molar-refractivity contribution >= 4 is 44.9 Å². The van der Waals surface area contributed by atoms with E-state index >= 15 is 0 Å².